The molecular formula is C18H14ClN3O. The van der Waals surface area contributed by atoms with Gasteiger partial charge in [-0.2, -0.15) is 0 Å². The molecule has 0 fully saturated rings. The van der Waals surface area contributed by atoms with Crippen LogP contribution in [0, 0.1) is 0 Å². The molecule has 23 heavy (non-hydrogen) atoms. The minimum Gasteiger partial charge on any atom is -0.450 e. The molecule has 0 unspecified atom stereocenters. The molecule has 0 aliphatic carbocycles. The van der Waals surface area contributed by atoms with Crippen molar-refractivity contribution in [3.05, 3.63) is 59.4 Å². The lowest BCUT2D eigenvalue weighted by Gasteiger charge is -2.07. The lowest BCUT2D eigenvalue weighted by atomic mass is 10.2. The third kappa shape index (κ3) is 2.51. The van der Waals surface area contributed by atoms with E-state index in [0.29, 0.717) is 16.4 Å². The number of hydrogen-bond donors (Lipinski definition) is 1. The highest BCUT2D eigenvalue weighted by Gasteiger charge is 2.15. The van der Waals surface area contributed by atoms with Crippen LogP contribution in [-0.2, 0) is 6.42 Å². The minimum absolute atomic E-state index is 0.656. The third-order valence-electron chi connectivity index (χ3n) is 3.67. The van der Waals surface area contributed by atoms with Gasteiger partial charge in [0, 0.05) is 22.5 Å². The zero-order chi connectivity index (χ0) is 15.8. The molecule has 0 saturated carbocycles. The lowest BCUT2D eigenvalue weighted by molar-refractivity contribution is 0.666. The number of para-hydroxylation sites is 1. The number of fused-ring (bicyclic) bond motifs is 3. The fourth-order valence-electron chi connectivity index (χ4n) is 2.58. The van der Waals surface area contributed by atoms with Gasteiger partial charge in [0.05, 0.1) is 0 Å². The zero-order valence-electron chi connectivity index (χ0n) is 12.5. The van der Waals surface area contributed by atoms with Gasteiger partial charge in [0.15, 0.2) is 11.4 Å². The standard InChI is InChI=1S/C18H14ClN3O/c1-2-15-21-16-13-8-3-4-9-14(13)23-17(16)18(22-15)20-12-7-5-6-11(19)10-12/h3-10H,2H2,1H3,(H,20,21,22). The van der Waals surface area contributed by atoms with E-state index in [-0.39, 0.29) is 0 Å². The average Bonchev–Trinajstić information content (AvgIpc) is 2.94. The van der Waals surface area contributed by atoms with Crippen LogP contribution in [0.2, 0.25) is 5.02 Å². The molecule has 0 amide bonds. The molecule has 114 valence electrons. The topological polar surface area (TPSA) is 51.0 Å². The number of nitrogens with one attached hydrogen (secondary N) is 1. The van der Waals surface area contributed by atoms with Gasteiger partial charge in [-0.3, -0.25) is 0 Å². The minimum atomic E-state index is 0.656. The van der Waals surface area contributed by atoms with Gasteiger partial charge < -0.3 is 9.73 Å². The molecule has 5 heteroatoms. The van der Waals surface area contributed by atoms with Gasteiger partial charge in [-0.05, 0) is 30.3 Å². The summed E-state index contributed by atoms with van der Waals surface area (Å²) in [4.78, 5) is 9.21. The monoisotopic (exact) mass is 323 g/mol. The molecule has 1 N–H and O–H groups in total. The zero-order valence-corrected chi connectivity index (χ0v) is 13.3. The van der Waals surface area contributed by atoms with Gasteiger partial charge >= 0.3 is 0 Å². The lowest BCUT2D eigenvalue weighted by Crippen LogP contribution is -2.00. The second-order valence-electron chi connectivity index (χ2n) is 5.25. The van der Waals surface area contributed by atoms with E-state index in [1.165, 1.54) is 0 Å². The van der Waals surface area contributed by atoms with Crippen LogP contribution < -0.4 is 5.32 Å². The molecule has 0 aliphatic heterocycles. The number of hydrogen-bond acceptors (Lipinski definition) is 4. The van der Waals surface area contributed by atoms with Crippen molar-refractivity contribution >= 4 is 45.2 Å². The molecule has 4 aromatic rings. The fraction of sp³-hybridized carbons (Fsp3) is 0.111. The Balaban J connectivity index is 1.93. The van der Waals surface area contributed by atoms with E-state index >= 15 is 0 Å². The van der Waals surface area contributed by atoms with E-state index in [4.69, 9.17) is 16.0 Å². The first kappa shape index (κ1) is 14.0. The Morgan fingerprint density at radius 1 is 1.09 bits per heavy atom. The molecule has 4 rings (SSSR count). The van der Waals surface area contributed by atoms with E-state index in [1.807, 2.05) is 55.5 Å². The molecule has 0 bridgehead atoms. The maximum absolute atomic E-state index is 6.06. The van der Waals surface area contributed by atoms with Crippen LogP contribution in [0.25, 0.3) is 22.1 Å². The van der Waals surface area contributed by atoms with E-state index in [9.17, 15) is 0 Å². The van der Waals surface area contributed by atoms with Gasteiger partial charge in [-0.15, -0.1) is 0 Å². The first-order valence-corrected chi connectivity index (χ1v) is 7.83. The number of aryl methyl sites for hydroxylation is 1. The smallest absolute Gasteiger partial charge is 0.196 e. The second kappa shape index (κ2) is 5.56. The Hall–Kier alpha value is -2.59. The maximum atomic E-state index is 6.06. The molecule has 0 aliphatic rings. The van der Waals surface area contributed by atoms with E-state index in [0.717, 1.165) is 34.4 Å². The summed E-state index contributed by atoms with van der Waals surface area (Å²) in [6.07, 6.45) is 0.750. The van der Waals surface area contributed by atoms with Crippen molar-refractivity contribution in [2.24, 2.45) is 0 Å². The van der Waals surface area contributed by atoms with E-state index in [1.54, 1.807) is 0 Å². The van der Waals surface area contributed by atoms with Crippen LogP contribution in [0.15, 0.2) is 52.9 Å². The predicted molar refractivity (Wildman–Crippen MR) is 93.4 cm³/mol. The van der Waals surface area contributed by atoms with E-state index < -0.39 is 0 Å². The van der Waals surface area contributed by atoms with Gasteiger partial charge in [0.1, 0.15) is 16.9 Å². The van der Waals surface area contributed by atoms with Crippen molar-refractivity contribution in [3.8, 4) is 0 Å². The van der Waals surface area contributed by atoms with Crippen molar-refractivity contribution in [2.45, 2.75) is 13.3 Å². The van der Waals surface area contributed by atoms with Gasteiger partial charge in [-0.25, -0.2) is 9.97 Å². The summed E-state index contributed by atoms with van der Waals surface area (Å²) < 4.78 is 5.97. The van der Waals surface area contributed by atoms with Gasteiger partial charge in [-0.1, -0.05) is 36.7 Å². The summed E-state index contributed by atoms with van der Waals surface area (Å²) in [5, 5.41) is 4.96. The number of rotatable bonds is 3. The van der Waals surface area contributed by atoms with Crippen LogP contribution in [0.5, 0.6) is 0 Å². The molecule has 2 heterocycles. The fourth-order valence-corrected chi connectivity index (χ4v) is 2.77. The highest BCUT2D eigenvalue weighted by Crippen LogP contribution is 2.32. The Morgan fingerprint density at radius 2 is 1.96 bits per heavy atom. The number of benzene rings is 2. The second-order valence-corrected chi connectivity index (χ2v) is 5.69. The summed E-state index contributed by atoms with van der Waals surface area (Å²) in [7, 11) is 0. The van der Waals surface area contributed by atoms with Crippen molar-refractivity contribution in [3.63, 3.8) is 0 Å². The van der Waals surface area contributed by atoms with Crippen molar-refractivity contribution in [2.75, 3.05) is 5.32 Å². The molecule has 0 saturated heterocycles. The summed E-state index contributed by atoms with van der Waals surface area (Å²) >= 11 is 6.06. The number of nitrogens with zero attached hydrogens (tertiary/aromatic N) is 2. The summed E-state index contributed by atoms with van der Waals surface area (Å²) in [6.45, 7) is 2.03. The van der Waals surface area contributed by atoms with Crippen LogP contribution in [0.1, 0.15) is 12.7 Å². The summed E-state index contributed by atoms with van der Waals surface area (Å²) in [5.41, 5.74) is 3.15. The number of anilines is 2. The van der Waals surface area contributed by atoms with Crippen LogP contribution >= 0.6 is 11.6 Å². The van der Waals surface area contributed by atoms with Crippen LogP contribution in [0.3, 0.4) is 0 Å². The number of furan rings is 1. The Kier molecular flexibility index (Phi) is 3.39. The molecule has 0 radical (unpaired) electrons. The summed E-state index contributed by atoms with van der Waals surface area (Å²) in [6, 6.07) is 15.4. The van der Waals surface area contributed by atoms with Crippen LogP contribution in [-0.4, -0.2) is 9.97 Å². The van der Waals surface area contributed by atoms with Crippen LogP contribution in [0.4, 0.5) is 11.5 Å². The highest BCUT2D eigenvalue weighted by molar-refractivity contribution is 6.30. The largest absolute Gasteiger partial charge is 0.450 e. The third-order valence-corrected chi connectivity index (χ3v) is 3.90. The van der Waals surface area contributed by atoms with Gasteiger partial charge in [0.25, 0.3) is 0 Å². The first-order valence-electron chi connectivity index (χ1n) is 7.45. The predicted octanol–water partition coefficient (Wildman–Crippen LogP) is 5.34. The molecule has 2 aromatic heterocycles. The highest BCUT2D eigenvalue weighted by atomic mass is 35.5. The normalized spacial score (nSPS) is 11.2. The quantitative estimate of drug-likeness (QED) is 0.553. The average molecular weight is 324 g/mol. The Morgan fingerprint density at radius 3 is 2.78 bits per heavy atom. The Labute approximate surface area is 138 Å². The maximum Gasteiger partial charge on any atom is 0.196 e. The summed E-state index contributed by atoms with van der Waals surface area (Å²) in [5.74, 6) is 1.43. The van der Waals surface area contributed by atoms with Crippen molar-refractivity contribution < 1.29 is 4.42 Å². The van der Waals surface area contributed by atoms with Crippen molar-refractivity contribution in [1.82, 2.24) is 9.97 Å². The SMILES string of the molecule is CCc1nc(Nc2cccc(Cl)c2)c2oc3ccccc3c2n1. The van der Waals surface area contributed by atoms with Crippen molar-refractivity contribution in [1.29, 1.82) is 0 Å². The molecule has 0 atom stereocenters. The molecular weight excluding hydrogens is 310 g/mol. The number of halogens is 1. The molecule has 0 spiro atoms. The Bertz CT molecular complexity index is 1010. The number of aromatic nitrogens is 2. The first-order chi connectivity index (χ1) is 11.2. The molecule has 2 aromatic carbocycles. The van der Waals surface area contributed by atoms with E-state index in [2.05, 4.69) is 15.3 Å². The molecule has 4 nitrogen and oxygen atoms in total. The van der Waals surface area contributed by atoms with Gasteiger partial charge in [0.2, 0.25) is 0 Å².